The van der Waals surface area contributed by atoms with Crippen LogP contribution in [0.4, 0.5) is 23.8 Å². The number of pyridine rings is 2. The maximum absolute atomic E-state index is 12.7. The largest absolute Gasteiger partial charge is 0.439 e. The summed E-state index contributed by atoms with van der Waals surface area (Å²) in [6, 6.07) is 10.7. The van der Waals surface area contributed by atoms with E-state index in [1.165, 1.54) is 6.07 Å². The van der Waals surface area contributed by atoms with Crippen molar-refractivity contribution in [2.45, 2.75) is 25.6 Å². The summed E-state index contributed by atoms with van der Waals surface area (Å²) >= 11 is 3.29. The Morgan fingerprint density at radius 2 is 1.92 bits per heavy atom. The molecule has 11 heteroatoms. The number of hydrogen-bond donors (Lipinski definition) is 2. The number of piperidine rings is 1. The van der Waals surface area contributed by atoms with E-state index in [1.54, 1.807) is 35.4 Å². The van der Waals surface area contributed by atoms with E-state index >= 15 is 0 Å². The minimum absolute atomic E-state index is 0.0664. The molecule has 2 N–H and O–H groups in total. The van der Waals surface area contributed by atoms with Gasteiger partial charge >= 0.3 is 12.2 Å². The van der Waals surface area contributed by atoms with E-state index in [4.69, 9.17) is 4.74 Å². The third kappa shape index (κ3) is 6.61. The third-order valence-electron chi connectivity index (χ3n) is 5.54. The van der Waals surface area contributed by atoms with Crippen LogP contribution in [0.5, 0.6) is 11.6 Å². The number of benzene rings is 1. The normalized spacial score (nSPS) is 13.9. The van der Waals surface area contributed by atoms with Gasteiger partial charge in [0.1, 0.15) is 11.6 Å². The Balaban J connectivity index is 1.35. The van der Waals surface area contributed by atoms with Gasteiger partial charge in [-0.25, -0.2) is 14.8 Å². The zero-order valence-corrected chi connectivity index (χ0v) is 20.5. The lowest BCUT2D eigenvalue weighted by Gasteiger charge is -2.28. The Morgan fingerprint density at radius 1 is 1.14 bits per heavy atom. The van der Waals surface area contributed by atoms with Crippen molar-refractivity contribution in [3.05, 3.63) is 81.6 Å². The number of ether oxygens (including phenoxy) is 1. The highest BCUT2D eigenvalue weighted by molar-refractivity contribution is 9.10. The minimum atomic E-state index is -4.45. The lowest BCUT2D eigenvalue weighted by Crippen LogP contribution is -2.39. The third-order valence-corrected chi connectivity index (χ3v) is 5.97. The van der Waals surface area contributed by atoms with Crippen LogP contribution in [0.25, 0.3) is 6.08 Å². The Bertz CT molecular complexity index is 1260. The molecular weight excluding hydrogens is 541 g/mol. The van der Waals surface area contributed by atoms with Gasteiger partial charge in [-0.15, -0.1) is 0 Å². The molecule has 0 radical (unpaired) electrons. The summed E-state index contributed by atoms with van der Waals surface area (Å²) in [5.74, 6) is 0.846. The van der Waals surface area contributed by atoms with Gasteiger partial charge in [0.05, 0.1) is 12.2 Å². The number of urea groups is 1. The number of carbonyl (C=O) groups is 1. The number of likely N-dealkylation sites (tertiary alicyclic amines) is 1. The number of aromatic nitrogens is 2. The summed E-state index contributed by atoms with van der Waals surface area (Å²) in [6.45, 7) is 0.801. The molecule has 4 rings (SSSR count). The average molecular weight is 563 g/mol. The number of hydrogen-bond acceptors (Lipinski definition) is 5. The van der Waals surface area contributed by atoms with E-state index in [0.717, 1.165) is 23.4 Å². The number of amides is 2. The molecule has 0 atom stereocenters. The van der Waals surface area contributed by atoms with Crippen molar-refractivity contribution in [3.8, 4) is 11.6 Å². The highest BCUT2D eigenvalue weighted by Gasteiger charge is 2.30. The number of anilines is 1. The van der Waals surface area contributed by atoms with Crippen LogP contribution in [0.15, 0.2) is 64.9 Å². The van der Waals surface area contributed by atoms with Gasteiger partial charge in [0.2, 0.25) is 5.88 Å². The number of carbonyl (C=O) groups excluding carboxylic acids is 1. The second-order valence-electron chi connectivity index (χ2n) is 8.10. The molecule has 36 heavy (non-hydrogen) atoms. The molecule has 3 aromatic rings. The van der Waals surface area contributed by atoms with Gasteiger partial charge in [0.15, 0.2) is 0 Å². The second-order valence-corrected chi connectivity index (χ2v) is 9.01. The molecule has 0 spiro atoms. The van der Waals surface area contributed by atoms with Gasteiger partial charge in [-0.3, -0.25) is 5.32 Å². The van der Waals surface area contributed by atoms with E-state index in [9.17, 15) is 23.1 Å². The summed E-state index contributed by atoms with van der Waals surface area (Å²) in [5.41, 5.74) is 1.71. The van der Waals surface area contributed by atoms with Crippen molar-refractivity contribution in [1.82, 2.24) is 14.9 Å². The Morgan fingerprint density at radius 3 is 2.58 bits per heavy atom. The van der Waals surface area contributed by atoms with Gasteiger partial charge in [-0.05, 0) is 58.6 Å². The first-order chi connectivity index (χ1) is 17.2. The van der Waals surface area contributed by atoms with Crippen LogP contribution in [0.2, 0.25) is 0 Å². The highest BCUT2D eigenvalue weighted by Crippen LogP contribution is 2.30. The average Bonchev–Trinajstić information content (AvgIpc) is 2.85. The second kappa shape index (κ2) is 11.1. The number of aliphatic hydroxyl groups excluding tert-OH is 1. The van der Waals surface area contributed by atoms with E-state index in [1.807, 2.05) is 12.1 Å². The number of nitrogens with zero attached hydrogens (tertiary/aromatic N) is 3. The van der Waals surface area contributed by atoms with Crippen LogP contribution in [-0.4, -0.2) is 39.1 Å². The number of nitrogens with one attached hydrogen (secondary N) is 1. The monoisotopic (exact) mass is 562 g/mol. The van der Waals surface area contributed by atoms with Crippen molar-refractivity contribution in [3.63, 3.8) is 0 Å². The molecule has 7 nitrogen and oxygen atoms in total. The van der Waals surface area contributed by atoms with Crippen molar-refractivity contribution in [2.24, 2.45) is 0 Å². The zero-order valence-electron chi connectivity index (χ0n) is 18.9. The number of rotatable bonds is 5. The fourth-order valence-corrected chi connectivity index (χ4v) is 4.05. The molecule has 0 bridgehead atoms. The predicted octanol–water partition coefficient (Wildman–Crippen LogP) is 6.25. The first-order valence-electron chi connectivity index (χ1n) is 11.0. The Labute approximate surface area is 213 Å². The predicted molar refractivity (Wildman–Crippen MR) is 131 cm³/mol. The van der Waals surface area contributed by atoms with Crippen molar-refractivity contribution in [2.75, 3.05) is 18.4 Å². The standard InChI is InChI=1S/C25H22BrF3N4O3/c26-20-12-18(15-34)23(31-14-20)32-24(35)33-8-6-16(7-9-33)10-17-2-1-3-21(11-17)36-22-5-4-19(13-30-22)25(27,28)29/h1-5,10-14,34H,6-9,15H2,(H,31,32,35). The van der Waals surface area contributed by atoms with E-state index < -0.39 is 11.7 Å². The number of alkyl halides is 3. The maximum Gasteiger partial charge on any atom is 0.417 e. The number of aliphatic hydroxyl groups is 1. The quantitative estimate of drug-likeness (QED) is 0.383. The van der Waals surface area contributed by atoms with Crippen LogP contribution in [0.3, 0.4) is 0 Å². The van der Waals surface area contributed by atoms with Gasteiger partial charge in [-0.1, -0.05) is 23.8 Å². The SMILES string of the molecule is O=C(Nc1ncc(Br)cc1CO)N1CCC(=Cc2cccc(Oc3ccc(C(F)(F)F)cn3)c2)CC1. The molecule has 1 fully saturated rings. The van der Waals surface area contributed by atoms with Crippen LogP contribution in [0, 0.1) is 0 Å². The molecule has 1 aliphatic rings. The molecule has 1 saturated heterocycles. The minimum Gasteiger partial charge on any atom is -0.439 e. The fourth-order valence-electron chi connectivity index (χ4n) is 3.67. The van der Waals surface area contributed by atoms with Crippen LogP contribution >= 0.6 is 15.9 Å². The van der Waals surface area contributed by atoms with Gasteiger partial charge in [0, 0.05) is 41.6 Å². The molecule has 0 unspecified atom stereocenters. The van der Waals surface area contributed by atoms with Crippen molar-refractivity contribution < 1.29 is 27.8 Å². The first kappa shape index (κ1) is 25.6. The van der Waals surface area contributed by atoms with E-state index in [2.05, 4.69) is 31.2 Å². The molecule has 0 saturated carbocycles. The fraction of sp³-hybridized carbons (Fsp3) is 0.240. The van der Waals surface area contributed by atoms with Crippen molar-refractivity contribution >= 4 is 33.9 Å². The molecule has 1 aliphatic heterocycles. The Kier molecular flexibility index (Phi) is 7.90. The van der Waals surface area contributed by atoms with Gasteiger partial charge < -0.3 is 14.7 Å². The van der Waals surface area contributed by atoms with E-state index in [-0.39, 0.29) is 18.5 Å². The van der Waals surface area contributed by atoms with Gasteiger partial charge in [-0.2, -0.15) is 13.2 Å². The molecule has 0 aliphatic carbocycles. The van der Waals surface area contributed by atoms with Crippen molar-refractivity contribution in [1.29, 1.82) is 0 Å². The molecule has 1 aromatic carbocycles. The lowest BCUT2D eigenvalue weighted by atomic mass is 10.0. The molecule has 2 aromatic heterocycles. The first-order valence-corrected chi connectivity index (χ1v) is 11.8. The molecule has 3 heterocycles. The highest BCUT2D eigenvalue weighted by atomic mass is 79.9. The summed E-state index contributed by atoms with van der Waals surface area (Å²) < 4.78 is 44.4. The van der Waals surface area contributed by atoms with Crippen LogP contribution in [0.1, 0.15) is 29.5 Å². The zero-order chi connectivity index (χ0) is 25.7. The van der Waals surface area contributed by atoms with Crippen LogP contribution < -0.4 is 10.1 Å². The number of halogens is 4. The smallest absolute Gasteiger partial charge is 0.417 e. The molecule has 2 amide bonds. The molecular formula is C25H22BrF3N4O3. The lowest BCUT2D eigenvalue weighted by molar-refractivity contribution is -0.137. The summed E-state index contributed by atoms with van der Waals surface area (Å²) in [7, 11) is 0. The summed E-state index contributed by atoms with van der Waals surface area (Å²) in [5, 5.41) is 12.3. The maximum atomic E-state index is 12.7. The van der Waals surface area contributed by atoms with E-state index in [0.29, 0.717) is 47.5 Å². The molecule has 188 valence electrons. The topological polar surface area (TPSA) is 87.6 Å². The van der Waals surface area contributed by atoms with Gasteiger partial charge in [0.25, 0.3) is 0 Å². The summed E-state index contributed by atoms with van der Waals surface area (Å²) in [4.78, 5) is 22.2. The summed E-state index contributed by atoms with van der Waals surface area (Å²) in [6.07, 6.45) is 1.22. The van der Waals surface area contributed by atoms with Crippen LogP contribution in [-0.2, 0) is 12.8 Å². The Hall–Kier alpha value is -3.44.